The average Bonchev–Trinajstić information content (AvgIpc) is 3.11. The third-order valence-electron chi connectivity index (χ3n) is 11.4. The molecule has 4 fully saturated rings. The molecule has 0 amide bonds. The molecule has 204 valence electrons. The molecule has 12 unspecified atom stereocenters. The SMILES string of the molecule is CC(=O)OC1CC2(C)C(C(C)C=CC(C)C(C)C)CCC2C2CC(O)C3(O)CC(O)CC(=O)C3(C)C12. The van der Waals surface area contributed by atoms with E-state index >= 15 is 0 Å². The lowest BCUT2D eigenvalue weighted by atomic mass is 9.41. The fraction of sp³-hybridized carbons (Fsp3) is 0.867. The van der Waals surface area contributed by atoms with E-state index in [9.17, 15) is 24.9 Å². The highest BCUT2D eigenvalue weighted by molar-refractivity contribution is 5.88. The average molecular weight is 505 g/mol. The van der Waals surface area contributed by atoms with Crippen molar-refractivity contribution >= 4 is 11.8 Å². The normalized spacial score (nSPS) is 48.3. The number of carbonyl (C=O) groups is 2. The molecule has 0 spiro atoms. The number of fused-ring (bicyclic) bond motifs is 5. The second kappa shape index (κ2) is 9.50. The first-order valence-electron chi connectivity index (χ1n) is 14.1. The third kappa shape index (κ3) is 4.10. The van der Waals surface area contributed by atoms with Gasteiger partial charge in [0.05, 0.1) is 17.6 Å². The molecule has 0 aliphatic heterocycles. The van der Waals surface area contributed by atoms with Crippen molar-refractivity contribution in [3.8, 4) is 0 Å². The Morgan fingerprint density at radius 1 is 1.08 bits per heavy atom. The van der Waals surface area contributed by atoms with Crippen molar-refractivity contribution < 1.29 is 29.6 Å². The van der Waals surface area contributed by atoms with Crippen LogP contribution in [0.25, 0.3) is 0 Å². The lowest BCUT2D eigenvalue weighted by Gasteiger charge is -2.65. The molecule has 0 radical (unpaired) electrons. The van der Waals surface area contributed by atoms with Gasteiger partial charge in [-0.1, -0.05) is 46.8 Å². The van der Waals surface area contributed by atoms with E-state index in [1.54, 1.807) is 6.92 Å². The van der Waals surface area contributed by atoms with E-state index in [1.807, 2.05) is 0 Å². The largest absolute Gasteiger partial charge is 0.462 e. The summed E-state index contributed by atoms with van der Waals surface area (Å²) in [5.74, 6) is 1.10. The Bertz CT molecular complexity index is 898. The maximum absolute atomic E-state index is 13.6. The Hall–Kier alpha value is -1.24. The van der Waals surface area contributed by atoms with Crippen molar-refractivity contribution in [2.75, 3.05) is 0 Å². The van der Waals surface area contributed by atoms with Gasteiger partial charge < -0.3 is 20.1 Å². The van der Waals surface area contributed by atoms with Crippen molar-refractivity contribution in [3.05, 3.63) is 12.2 Å². The maximum atomic E-state index is 13.6. The fourth-order valence-corrected chi connectivity index (χ4v) is 9.12. The number of carbonyl (C=O) groups excluding carboxylic acids is 2. The van der Waals surface area contributed by atoms with Crippen LogP contribution in [-0.4, -0.2) is 51.0 Å². The Labute approximate surface area is 216 Å². The molecule has 6 heteroatoms. The molecule has 3 N–H and O–H groups in total. The minimum Gasteiger partial charge on any atom is -0.462 e. The monoisotopic (exact) mass is 504 g/mol. The Balaban J connectivity index is 1.73. The van der Waals surface area contributed by atoms with Crippen LogP contribution < -0.4 is 0 Å². The molecule has 4 rings (SSSR count). The molecule has 36 heavy (non-hydrogen) atoms. The molecule has 0 heterocycles. The van der Waals surface area contributed by atoms with Crippen LogP contribution in [0.4, 0.5) is 0 Å². The van der Waals surface area contributed by atoms with E-state index in [4.69, 9.17) is 4.74 Å². The summed E-state index contributed by atoms with van der Waals surface area (Å²) in [5, 5.41) is 33.4. The minimum absolute atomic E-state index is 0.0349. The molecule has 4 aliphatic carbocycles. The number of ketones is 1. The van der Waals surface area contributed by atoms with Crippen molar-refractivity contribution in [1.29, 1.82) is 0 Å². The first-order chi connectivity index (χ1) is 16.7. The fourth-order valence-electron chi connectivity index (χ4n) is 9.12. The summed E-state index contributed by atoms with van der Waals surface area (Å²) in [5.41, 5.74) is -3.10. The zero-order chi connectivity index (χ0) is 26.8. The van der Waals surface area contributed by atoms with Crippen LogP contribution >= 0.6 is 0 Å². The van der Waals surface area contributed by atoms with E-state index in [0.717, 1.165) is 12.8 Å². The van der Waals surface area contributed by atoms with Gasteiger partial charge in [0.15, 0.2) is 0 Å². The highest BCUT2D eigenvalue weighted by Crippen LogP contribution is 2.69. The first-order valence-corrected chi connectivity index (χ1v) is 14.1. The molecule has 0 aromatic carbocycles. The highest BCUT2D eigenvalue weighted by atomic mass is 16.5. The molecule has 6 nitrogen and oxygen atoms in total. The number of aliphatic hydroxyl groups excluding tert-OH is 2. The summed E-state index contributed by atoms with van der Waals surface area (Å²) in [7, 11) is 0. The minimum atomic E-state index is -1.73. The lowest BCUT2D eigenvalue weighted by molar-refractivity contribution is -0.270. The number of ether oxygens (including phenoxy) is 1. The standard InChI is InChI=1S/C30H48O6/c1-16(2)17(3)8-9-18(4)22-10-11-23-21-13-26(34)30(35)14-20(32)12-25(33)29(30,7)27(21)24(36-19(5)31)15-28(22,23)6/h8-9,16-18,20-24,26-27,32,34-35H,10-15H2,1-7H3. The number of rotatable bonds is 5. The molecule has 4 saturated carbocycles. The zero-order valence-corrected chi connectivity index (χ0v) is 23.2. The van der Waals surface area contributed by atoms with Crippen LogP contribution in [0.15, 0.2) is 12.2 Å². The Kier molecular flexibility index (Phi) is 7.33. The number of hydrogen-bond acceptors (Lipinski definition) is 6. The van der Waals surface area contributed by atoms with Gasteiger partial charge in [0, 0.05) is 25.7 Å². The van der Waals surface area contributed by atoms with Crippen LogP contribution in [0, 0.1) is 52.3 Å². The van der Waals surface area contributed by atoms with Gasteiger partial charge in [0.2, 0.25) is 0 Å². The van der Waals surface area contributed by atoms with Crippen LogP contribution in [0.5, 0.6) is 0 Å². The van der Waals surface area contributed by atoms with E-state index in [0.29, 0.717) is 36.5 Å². The van der Waals surface area contributed by atoms with Gasteiger partial charge in [0.1, 0.15) is 17.5 Å². The van der Waals surface area contributed by atoms with Gasteiger partial charge in [-0.25, -0.2) is 0 Å². The third-order valence-corrected chi connectivity index (χ3v) is 11.4. The van der Waals surface area contributed by atoms with E-state index < -0.39 is 29.3 Å². The highest BCUT2D eigenvalue weighted by Gasteiger charge is 2.73. The van der Waals surface area contributed by atoms with Crippen LogP contribution in [-0.2, 0) is 14.3 Å². The summed E-state index contributed by atoms with van der Waals surface area (Å²) >= 11 is 0. The smallest absolute Gasteiger partial charge is 0.302 e. The quantitative estimate of drug-likeness (QED) is 0.381. The summed E-state index contributed by atoms with van der Waals surface area (Å²) < 4.78 is 6.00. The number of esters is 1. The summed E-state index contributed by atoms with van der Waals surface area (Å²) in [4.78, 5) is 25.9. The van der Waals surface area contributed by atoms with E-state index in [2.05, 4.69) is 46.8 Å². The molecule has 0 aromatic heterocycles. The van der Waals surface area contributed by atoms with Crippen molar-refractivity contribution in [2.45, 2.75) is 111 Å². The second-order valence-corrected chi connectivity index (χ2v) is 13.5. The molecule has 12 atom stereocenters. The molecule has 0 saturated heterocycles. The predicted molar refractivity (Wildman–Crippen MR) is 138 cm³/mol. The van der Waals surface area contributed by atoms with Crippen molar-refractivity contribution in [3.63, 3.8) is 0 Å². The summed E-state index contributed by atoms with van der Waals surface area (Å²) in [6, 6.07) is 0. The number of aliphatic hydroxyl groups is 3. The van der Waals surface area contributed by atoms with Gasteiger partial charge in [-0.05, 0) is 73.5 Å². The lowest BCUT2D eigenvalue weighted by Crippen LogP contribution is -2.74. The number of Topliss-reactive ketones (excluding diaryl/α,β-unsaturated/α-hetero) is 1. The van der Waals surface area contributed by atoms with Gasteiger partial charge in [0.25, 0.3) is 0 Å². The Morgan fingerprint density at radius 2 is 1.75 bits per heavy atom. The molecular weight excluding hydrogens is 456 g/mol. The molecule has 0 aromatic rings. The maximum Gasteiger partial charge on any atom is 0.302 e. The van der Waals surface area contributed by atoms with Crippen LogP contribution in [0.1, 0.15) is 87.0 Å². The molecule has 0 bridgehead atoms. The molecular formula is C30H48O6. The first kappa shape index (κ1) is 27.8. The van der Waals surface area contributed by atoms with E-state index in [-0.39, 0.29) is 47.8 Å². The van der Waals surface area contributed by atoms with Gasteiger partial charge in [-0.15, -0.1) is 0 Å². The number of hydrogen-bond donors (Lipinski definition) is 3. The van der Waals surface area contributed by atoms with Gasteiger partial charge in [-0.2, -0.15) is 0 Å². The topological polar surface area (TPSA) is 104 Å². The Morgan fingerprint density at radius 3 is 2.36 bits per heavy atom. The second-order valence-electron chi connectivity index (χ2n) is 13.5. The number of allylic oxidation sites excluding steroid dienone is 2. The summed E-state index contributed by atoms with van der Waals surface area (Å²) in [6.07, 6.45) is 5.10. The van der Waals surface area contributed by atoms with Gasteiger partial charge >= 0.3 is 5.97 Å². The van der Waals surface area contributed by atoms with Crippen molar-refractivity contribution in [2.24, 2.45) is 52.3 Å². The zero-order valence-electron chi connectivity index (χ0n) is 23.2. The van der Waals surface area contributed by atoms with Crippen molar-refractivity contribution in [1.82, 2.24) is 0 Å². The van der Waals surface area contributed by atoms with Gasteiger partial charge in [-0.3, -0.25) is 9.59 Å². The van der Waals surface area contributed by atoms with E-state index in [1.165, 1.54) is 6.92 Å². The molecule has 4 aliphatic rings. The predicted octanol–water partition coefficient (Wildman–Crippen LogP) is 4.30. The van der Waals surface area contributed by atoms with Crippen LogP contribution in [0.2, 0.25) is 0 Å². The van der Waals surface area contributed by atoms with Crippen LogP contribution in [0.3, 0.4) is 0 Å². The summed E-state index contributed by atoms with van der Waals surface area (Å²) in [6.45, 7) is 14.5.